The van der Waals surface area contributed by atoms with Crippen LogP contribution in [0.25, 0.3) is 0 Å². The minimum Gasteiger partial charge on any atom is -0.298 e. The van der Waals surface area contributed by atoms with E-state index < -0.39 is 0 Å². The van der Waals surface area contributed by atoms with Gasteiger partial charge in [-0.2, -0.15) is 5.26 Å². The molecule has 0 spiro atoms. The lowest BCUT2D eigenvalue weighted by Crippen LogP contribution is -2.31. The minimum absolute atomic E-state index is 0.100. The number of aromatic nitrogens is 4. The second-order valence-corrected chi connectivity index (χ2v) is 5.56. The minimum atomic E-state index is -0.100. The SMILES string of the molecule is N#CC(CSc1nnnn1C1CC1)NC1CC1. The van der Waals surface area contributed by atoms with Crippen LogP contribution in [-0.4, -0.2) is 38.0 Å². The van der Waals surface area contributed by atoms with Gasteiger partial charge in [0, 0.05) is 11.8 Å². The van der Waals surface area contributed by atoms with Crippen molar-refractivity contribution in [1.29, 1.82) is 5.26 Å². The molecule has 1 N–H and O–H groups in total. The summed E-state index contributed by atoms with van der Waals surface area (Å²) in [6.07, 6.45) is 4.73. The third kappa shape index (κ3) is 2.76. The molecule has 1 atom stereocenters. The summed E-state index contributed by atoms with van der Waals surface area (Å²) in [6, 6.07) is 3.24. The summed E-state index contributed by atoms with van der Waals surface area (Å²) in [4.78, 5) is 0. The Kier molecular flexibility index (Phi) is 2.99. The Bertz CT molecular complexity index is 430. The second kappa shape index (κ2) is 4.63. The van der Waals surface area contributed by atoms with Gasteiger partial charge in [0.1, 0.15) is 6.04 Å². The van der Waals surface area contributed by atoms with Gasteiger partial charge in [0.25, 0.3) is 0 Å². The van der Waals surface area contributed by atoms with Gasteiger partial charge >= 0.3 is 0 Å². The van der Waals surface area contributed by atoms with Crippen molar-refractivity contribution in [1.82, 2.24) is 25.5 Å². The number of thioether (sulfide) groups is 1. The van der Waals surface area contributed by atoms with E-state index in [0.717, 1.165) is 5.16 Å². The molecule has 0 aliphatic heterocycles. The molecule has 1 heterocycles. The Morgan fingerprint density at radius 2 is 2.29 bits per heavy atom. The third-order valence-corrected chi connectivity index (χ3v) is 3.93. The summed E-state index contributed by atoms with van der Waals surface area (Å²) in [5.74, 6) is 0.708. The van der Waals surface area contributed by atoms with Gasteiger partial charge in [-0.25, -0.2) is 4.68 Å². The van der Waals surface area contributed by atoms with Gasteiger partial charge in [-0.05, 0) is 36.1 Å². The highest BCUT2D eigenvalue weighted by molar-refractivity contribution is 7.99. The third-order valence-electron chi connectivity index (χ3n) is 2.90. The van der Waals surface area contributed by atoms with Crippen molar-refractivity contribution in [2.24, 2.45) is 0 Å². The summed E-state index contributed by atoms with van der Waals surface area (Å²) < 4.78 is 1.89. The van der Waals surface area contributed by atoms with Gasteiger partial charge in [-0.3, -0.25) is 5.32 Å². The maximum atomic E-state index is 9.04. The van der Waals surface area contributed by atoms with Crippen LogP contribution in [0.3, 0.4) is 0 Å². The van der Waals surface area contributed by atoms with Crippen LogP contribution >= 0.6 is 11.8 Å². The molecule has 0 aromatic carbocycles. The zero-order chi connectivity index (χ0) is 11.7. The monoisotopic (exact) mass is 250 g/mol. The average molecular weight is 250 g/mol. The summed E-state index contributed by atoms with van der Waals surface area (Å²) in [7, 11) is 0. The van der Waals surface area contributed by atoms with Crippen LogP contribution in [0.15, 0.2) is 5.16 Å². The summed E-state index contributed by atoms with van der Waals surface area (Å²) in [5.41, 5.74) is 0. The van der Waals surface area contributed by atoms with E-state index in [0.29, 0.717) is 17.8 Å². The van der Waals surface area contributed by atoms with E-state index in [9.17, 15) is 0 Å². The van der Waals surface area contributed by atoms with Gasteiger partial charge in [0.05, 0.1) is 12.1 Å². The van der Waals surface area contributed by atoms with Crippen molar-refractivity contribution in [3.05, 3.63) is 0 Å². The molecule has 1 unspecified atom stereocenters. The average Bonchev–Trinajstić information content (AvgIpc) is 3.26. The largest absolute Gasteiger partial charge is 0.298 e. The Balaban J connectivity index is 1.54. The van der Waals surface area contributed by atoms with Crippen LogP contribution in [0.4, 0.5) is 0 Å². The molecule has 0 amide bonds. The molecule has 2 fully saturated rings. The summed E-state index contributed by atoms with van der Waals surface area (Å²) in [5, 5.41) is 24.9. The maximum Gasteiger partial charge on any atom is 0.209 e. The molecular formula is C10H14N6S. The van der Waals surface area contributed by atoms with Crippen LogP contribution in [0, 0.1) is 11.3 Å². The first-order valence-electron chi connectivity index (χ1n) is 5.93. The number of nitrogens with one attached hydrogen (secondary N) is 1. The molecule has 2 saturated carbocycles. The first kappa shape index (κ1) is 11.0. The quantitative estimate of drug-likeness (QED) is 0.750. The smallest absolute Gasteiger partial charge is 0.209 e. The van der Waals surface area contributed by atoms with Crippen LogP contribution in [-0.2, 0) is 0 Å². The number of hydrogen-bond acceptors (Lipinski definition) is 6. The van der Waals surface area contributed by atoms with Gasteiger partial charge < -0.3 is 0 Å². The van der Waals surface area contributed by atoms with Gasteiger partial charge in [-0.15, -0.1) is 5.10 Å². The zero-order valence-corrected chi connectivity index (χ0v) is 10.2. The first-order valence-corrected chi connectivity index (χ1v) is 6.91. The molecule has 0 bridgehead atoms. The molecule has 0 saturated heterocycles. The molecule has 1 aromatic heterocycles. The number of rotatable bonds is 6. The van der Waals surface area contributed by atoms with Crippen LogP contribution in [0.2, 0.25) is 0 Å². The van der Waals surface area contributed by atoms with Crippen molar-refractivity contribution in [2.75, 3.05) is 5.75 Å². The van der Waals surface area contributed by atoms with E-state index >= 15 is 0 Å². The summed E-state index contributed by atoms with van der Waals surface area (Å²) >= 11 is 1.57. The molecule has 6 nitrogen and oxygen atoms in total. The molecular weight excluding hydrogens is 236 g/mol. The highest BCUT2D eigenvalue weighted by Crippen LogP contribution is 2.36. The van der Waals surface area contributed by atoms with Gasteiger partial charge in [-0.1, -0.05) is 11.8 Å². The van der Waals surface area contributed by atoms with E-state index in [1.807, 2.05) is 4.68 Å². The van der Waals surface area contributed by atoms with Crippen molar-refractivity contribution in [2.45, 2.75) is 49.0 Å². The maximum absolute atomic E-state index is 9.04. The molecule has 1 aromatic rings. The van der Waals surface area contributed by atoms with Gasteiger partial charge in [0.2, 0.25) is 5.16 Å². The Labute approximate surface area is 104 Å². The predicted octanol–water partition coefficient (Wildman–Crippen LogP) is 0.744. The Hall–Kier alpha value is -1.13. The van der Waals surface area contributed by atoms with E-state index in [1.165, 1.54) is 25.7 Å². The van der Waals surface area contributed by atoms with Crippen molar-refractivity contribution >= 4 is 11.8 Å². The van der Waals surface area contributed by atoms with Crippen molar-refractivity contribution in [3.63, 3.8) is 0 Å². The van der Waals surface area contributed by atoms with Crippen molar-refractivity contribution in [3.8, 4) is 6.07 Å². The first-order chi connectivity index (χ1) is 8.36. The Morgan fingerprint density at radius 3 is 2.94 bits per heavy atom. The van der Waals surface area contributed by atoms with E-state index in [-0.39, 0.29) is 6.04 Å². The lowest BCUT2D eigenvalue weighted by atomic mass is 10.4. The molecule has 2 aliphatic rings. The standard InChI is InChI=1S/C10H14N6S/c11-5-8(12-7-1-2-7)6-17-10-13-14-15-16(10)9-3-4-9/h7-9,12H,1-4,6H2. The topological polar surface area (TPSA) is 79.4 Å². The molecule has 90 valence electrons. The fourth-order valence-corrected chi connectivity index (χ4v) is 2.54. The molecule has 7 heteroatoms. The summed E-state index contributed by atoms with van der Waals surface area (Å²) in [6.45, 7) is 0. The van der Waals surface area contributed by atoms with E-state index in [4.69, 9.17) is 5.26 Å². The van der Waals surface area contributed by atoms with E-state index in [2.05, 4.69) is 26.9 Å². The van der Waals surface area contributed by atoms with Crippen molar-refractivity contribution < 1.29 is 0 Å². The molecule has 3 rings (SSSR count). The molecule has 0 radical (unpaired) electrons. The zero-order valence-electron chi connectivity index (χ0n) is 9.41. The molecule has 17 heavy (non-hydrogen) atoms. The van der Waals surface area contributed by atoms with Crippen LogP contribution < -0.4 is 5.32 Å². The molecule has 2 aliphatic carbocycles. The second-order valence-electron chi connectivity index (χ2n) is 4.57. The lowest BCUT2D eigenvalue weighted by molar-refractivity contribution is 0.564. The van der Waals surface area contributed by atoms with Crippen LogP contribution in [0.1, 0.15) is 31.7 Å². The number of nitriles is 1. The normalized spacial score (nSPS) is 21.1. The van der Waals surface area contributed by atoms with E-state index in [1.54, 1.807) is 11.8 Å². The fourth-order valence-electron chi connectivity index (χ4n) is 1.64. The fraction of sp³-hybridized carbons (Fsp3) is 0.800. The van der Waals surface area contributed by atoms with Gasteiger partial charge in [0.15, 0.2) is 0 Å². The highest BCUT2D eigenvalue weighted by Gasteiger charge is 2.29. The number of tetrazole rings is 1. The highest BCUT2D eigenvalue weighted by atomic mass is 32.2. The predicted molar refractivity (Wildman–Crippen MR) is 62.4 cm³/mol. The number of hydrogen-bond donors (Lipinski definition) is 1. The Morgan fingerprint density at radius 1 is 1.47 bits per heavy atom. The van der Waals surface area contributed by atoms with Crippen LogP contribution in [0.5, 0.6) is 0 Å². The lowest BCUT2D eigenvalue weighted by Gasteiger charge is -2.09. The number of nitrogens with zero attached hydrogens (tertiary/aromatic N) is 5.